The van der Waals surface area contributed by atoms with Crippen LogP contribution in [0.1, 0.15) is 33.4 Å². The van der Waals surface area contributed by atoms with Crippen LogP contribution in [0.3, 0.4) is 0 Å². The summed E-state index contributed by atoms with van der Waals surface area (Å²) in [6, 6.07) is 7.38. The van der Waals surface area contributed by atoms with E-state index in [1.807, 2.05) is 19.1 Å². The standard InChI is InChI=1S/C19H22N2O4S2/c1-12-3-5-17(26-12)16(25-2)11-20-27(23,24)15-9-13-4-6-18(22)21-8-7-14(10-15)19(13)21/h3,5,9-10,16,20H,4,6-8,11H2,1-2H3. The highest BCUT2D eigenvalue weighted by molar-refractivity contribution is 7.89. The van der Waals surface area contributed by atoms with E-state index < -0.39 is 10.0 Å². The van der Waals surface area contributed by atoms with Crippen LogP contribution in [-0.2, 0) is 32.4 Å². The predicted molar refractivity (Wildman–Crippen MR) is 105 cm³/mol. The highest BCUT2D eigenvalue weighted by atomic mass is 32.2. The topological polar surface area (TPSA) is 75.7 Å². The molecule has 1 aromatic carbocycles. The lowest BCUT2D eigenvalue weighted by atomic mass is 10.00. The first kappa shape index (κ1) is 18.6. The Morgan fingerprint density at radius 1 is 1.22 bits per heavy atom. The zero-order chi connectivity index (χ0) is 19.2. The van der Waals surface area contributed by atoms with Crippen LogP contribution in [0, 0.1) is 6.92 Å². The minimum atomic E-state index is -3.66. The van der Waals surface area contributed by atoms with Crippen LogP contribution in [0.4, 0.5) is 5.69 Å². The quantitative estimate of drug-likeness (QED) is 0.800. The first-order valence-corrected chi connectivity index (χ1v) is 11.2. The lowest BCUT2D eigenvalue weighted by Crippen LogP contribution is -2.33. The Morgan fingerprint density at radius 3 is 2.63 bits per heavy atom. The number of thiophene rings is 1. The summed E-state index contributed by atoms with van der Waals surface area (Å²) < 4.78 is 33.9. The molecule has 6 nitrogen and oxygen atoms in total. The van der Waals surface area contributed by atoms with E-state index in [0.717, 1.165) is 26.6 Å². The molecule has 3 heterocycles. The van der Waals surface area contributed by atoms with E-state index in [0.29, 0.717) is 25.8 Å². The van der Waals surface area contributed by atoms with Crippen molar-refractivity contribution in [1.29, 1.82) is 0 Å². The number of hydrogen-bond acceptors (Lipinski definition) is 5. The number of amides is 1. The number of methoxy groups -OCH3 is 1. The minimum Gasteiger partial charge on any atom is -0.375 e. The van der Waals surface area contributed by atoms with Gasteiger partial charge in [0.05, 0.1) is 10.6 Å². The van der Waals surface area contributed by atoms with Crippen LogP contribution in [0.15, 0.2) is 29.2 Å². The number of benzene rings is 1. The number of ether oxygens (including phenoxy) is 1. The number of aryl methyl sites for hydroxylation is 2. The van der Waals surface area contributed by atoms with Gasteiger partial charge in [0.25, 0.3) is 0 Å². The zero-order valence-corrected chi connectivity index (χ0v) is 17.0. The molecule has 144 valence electrons. The van der Waals surface area contributed by atoms with Crippen molar-refractivity contribution in [2.75, 3.05) is 25.1 Å². The van der Waals surface area contributed by atoms with Gasteiger partial charge in [0, 0.05) is 36.4 Å². The summed E-state index contributed by atoms with van der Waals surface area (Å²) in [5.41, 5.74) is 2.81. The third-order valence-electron chi connectivity index (χ3n) is 5.16. The summed E-state index contributed by atoms with van der Waals surface area (Å²) in [4.78, 5) is 16.2. The molecule has 0 spiro atoms. The van der Waals surface area contributed by atoms with Gasteiger partial charge in [-0.15, -0.1) is 11.3 Å². The second-order valence-corrected chi connectivity index (χ2v) is 10.00. The Balaban J connectivity index is 1.57. The van der Waals surface area contributed by atoms with Gasteiger partial charge in [-0.3, -0.25) is 4.79 Å². The number of rotatable bonds is 6. The van der Waals surface area contributed by atoms with E-state index in [1.54, 1.807) is 35.5 Å². The molecule has 1 aromatic heterocycles. The molecule has 8 heteroatoms. The van der Waals surface area contributed by atoms with E-state index in [9.17, 15) is 13.2 Å². The Bertz CT molecular complexity index is 997. The van der Waals surface area contributed by atoms with Gasteiger partial charge in [0.15, 0.2) is 0 Å². The summed E-state index contributed by atoms with van der Waals surface area (Å²) in [7, 11) is -2.07. The lowest BCUT2D eigenvalue weighted by molar-refractivity contribution is -0.118. The van der Waals surface area contributed by atoms with Crippen LogP contribution in [0.25, 0.3) is 0 Å². The molecular formula is C19H22N2O4S2. The van der Waals surface area contributed by atoms with Gasteiger partial charge in [-0.05, 0) is 55.2 Å². The summed E-state index contributed by atoms with van der Waals surface area (Å²) in [5, 5.41) is 0. The third-order valence-corrected chi connectivity index (χ3v) is 7.65. The van der Waals surface area contributed by atoms with Gasteiger partial charge in [-0.25, -0.2) is 13.1 Å². The van der Waals surface area contributed by atoms with Crippen molar-refractivity contribution in [3.05, 3.63) is 45.1 Å². The molecule has 2 aliphatic rings. The molecule has 0 radical (unpaired) electrons. The monoisotopic (exact) mass is 406 g/mol. The second-order valence-electron chi connectivity index (χ2n) is 6.91. The molecule has 0 fully saturated rings. The molecule has 4 rings (SSSR count). The van der Waals surface area contributed by atoms with E-state index in [1.165, 1.54) is 0 Å². The average Bonchev–Trinajstić information content (AvgIpc) is 3.26. The van der Waals surface area contributed by atoms with Gasteiger partial charge in [-0.1, -0.05) is 0 Å². The number of hydrogen-bond donors (Lipinski definition) is 1. The molecule has 2 aromatic rings. The maximum absolute atomic E-state index is 12.9. The van der Waals surface area contributed by atoms with E-state index in [2.05, 4.69) is 4.72 Å². The number of nitrogens with zero attached hydrogens (tertiary/aromatic N) is 1. The van der Waals surface area contributed by atoms with Gasteiger partial charge in [0.2, 0.25) is 15.9 Å². The number of anilines is 1. The SMILES string of the molecule is COC(CNS(=O)(=O)c1cc2c3c(c1)CCN3C(=O)CC2)c1ccc(C)s1. The highest BCUT2D eigenvalue weighted by Gasteiger charge is 2.33. The third kappa shape index (κ3) is 3.42. The fraction of sp³-hybridized carbons (Fsp3) is 0.421. The highest BCUT2D eigenvalue weighted by Crippen LogP contribution is 2.38. The largest absolute Gasteiger partial charge is 0.375 e. The van der Waals surface area contributed by atoms with Crippen molar-refractivity contribution in [2.24, 2.45) is 0 Å². The summed E-state index contributed by atoms with van der Waals surface area (Å²) in [6.07, 6.45) is 1.41. The van der Waals surface area contributed by atoms with Crippen LogP contribution < -0.4 is 9.62 Å². The second kappa shape index (κ2) is 7.01. The first-order valence-electron chi connectivity index (χ1n) is 8.94. The molecule has 1 atom stereocenters. The smallest absolute Gasteiger partial charge is 0.240 e. The molecule has 0 saturated carbocycles. The molecule has 0 aliphatic carbocycles. The Morgan fingerprint density at radius 2 is 1.96 bits per heavy atom. The number of sulfonamides is 1. The Kier molecular flexibility index (Phi) is 4.84. The lowest BCUT2D eigenvalue weighted by Gasteiger charge is -2.25. The van der Waals surface area contributed by atoms with Crippen molar-refractivity contribution in [2.45, 2.75) is 37.2 Å². The van der Waals surface area contributed by atoms with Gasteiger partial charge in [-0.2, -0.15) is 0 Å². The maximum Gasteiger partial charge on any atom is 0.240 e. The van der Waals surface area contributed by atoms with Crippen LogP contribution in [0.2, 0.25) is 0 Å². The van der Waals surface area contributed by atoms with E-state index >= 15 is 0 Å². The predicted octanol–water partition coefficient (Wildman–Crippen LogP) is 2.56. The number of carbonyl (C=O) groups is 1. The molecule has 0 bridgehead atoms. The maximum atomic E-state index is 12.9. The first-order chi connectivity index (χ1) is 12.9. The summed E-state index contributed by atoms with van der Waals surface area (Å²) in [5.74, 6) is 0.129. The van der Waals surface area contributed by atoms with Crippen molar-refractivity contribution >= 4 is 33.0 Å². The van der Waals surface area contributed by atoms with Crippen LogP contribution >= 0.6 is 11.3 Å². The summed E-state index contributed by atoms with van der Waals surface area (Å²) >= 11 is 1.60. The fourth-order valence-corrected chi connectivity index (χ4v) is 5.86. The fourth-order valence-electron chi connectivity index (χ4n) is 3.78. The molecule has 27 heavy (non-hydrogen) atoms. The van der Waals surface area contributed by atoms with Gasteiger partial charge >= 0.3 is 0 Å². The van der Waals surface area contributed by atoms with Crippen molar-refractivity contribution in [1.82, 2.24) is 4.72 Å². The average molecular weight is 407 g/mol. The molecular weight excluding hydrogens is 384 g/mol. The molecule has 0 saturated heterocycles. The Labute approximate surface area is 163 Å². The molecule has 1 unspecified atom stereocenters. The van der Waals surface area contributed by atoms with E-state index in [-0.39, 0.29) is 23.5 Å². The number of carbonyl (C=O) groups excluding carboxylic acids is 1. The van der Waals surface area contributed by atoms with Crippen molar-refractivity contribution in [3.8, 4) is 0 Å². The molecule has 2 aliphatic heterocycles. The van der Waals surface area contributed by atoms with Crippen molar-refractivity contribution in [3.63, 3.8) is 0 Å². The van der Waals surface area contributed by atoms with Gasteiger partial charge < -0.3 is 9.64 Å². The van der Waals surface area contributed by atoms with Crippen molar-refractivity contribution < 1.29 is 17.9 Å². The summed E-state index contributed by atoms with van der Waals surface area (Å²) in [6.45, 7) is 2.83. The van der Waals surface area contributed by atoms with Crippen LogP contribution in [0.5, 0.6) is 0 Å². The molecule has 1 amide bonds. The zero-order valence-electron chi connectivity index (χ0n) is 15.3. The normalized spacial score (nSPS) is 17.3. The van der Waals surface area contributed by atoms with Crippen LogP contribution in [-0.4, -0.2) is 34.5 Å². The molecule has 1 N–H and O–H groups in total. The van der Waals surface area contributed by atoms with E-state index in [4.69, 9.17) is 4.74 Å². The minimum absolute atomic E-state index is 0.129. The number of nitrogens with one attached hydrogen (secondary N) is 1. The Hall–Kier alpha value is -1.74. The van der Waals surface area contributed by atoms with Gasteiger partial charge in [0.1, 0.15) is 6.10 Å².